The molecule has 1 aliphatic heterocycles. The Balaban J connectivity index is 1.57. The largest absolute Gasteiger partial charge is 0.392 e. The van der Waals surface area contributed by atoms with Gasteiger partial charge in [-0.25, -0.2) is 14.4 Å². The van der Waals surface area contributed by atoms with Crippen LogP contribution in [0.1, 0.15) is 31.2 Å². The third-order valence-corrected chi connectivity index (χ3v) is 5.03. The molecule has 0 amide bonds. The predicted octanol–water partition coefficient (Wildman–Crippen LogP) is 2.44. The Kier molecular flexibility index (Phi) is 5.59. The molecule has 1 saturated carbocycles. The molecular weight excluding hydrogens is 359 g/mol. The Hall–Kier alpha value is -2.45. The van der Waals surface area contributed by atoms with E-state index in [1.54, 1.807) is 13.1 Å². The summed E-state index contributed by atoms with van der Waals surface area (Å²) in [6.07, 6.45) is 3.23. The van der Waals surface area contributed by atoms with Crippen molar-refractivity contribution in [1.82, 2.24) is 15.3 Å². The van der Waals surface area contributed by atoms with Crippen LogP contribution in [0.25, 0.3) is 0 Å². The lowest BCUT2D eigenvalue weighted by molar-refractivity contribution is 0.208. The van der Waals surface area contributed by atoms with E-state index < -0.39 is 6.10 Å². The molecule has 7 nitrogen and oxygen atoms in total. The third-order valence-electron chi connectivity index (χ3n) is 5.03. The number of nitrogens with zero attached hydrogens (tertiary/aromatic N) is 3. The van der Waals surface area contributed by atoms with Gasteiger partial charge in [-0.3, -0.25) is 0 Å². The summed E-state index contributed by atoms with van der Waals surface area (Å²) in [7, 11) is 0. The van der Waals surface area contributed by atoms with Crippen LogP contribution >= 0.6 is 0 Å². The van der Waals surface area contributed by atoms with Crippen molar-refractivity contribution >= 4 is 23.1 Å². The normalized spacial score (nSPS) is 18.0. The average Bonchev–Trinajstić information content (AvgIpc) is 3.52. The van der Waals surface area contributed by atoms with Crippen LogP contribution in [0, 0.1) is 5.82 Å². The Morgan fingerprint density at radius 1 is 1.21 bits per heavy atom. The molecule has 0 radical (unpaired) electrons. The molecule has 3 heterocycles. The van der Waals surface area contributed by atoms with Crippen LogP contribution in [0.3, 0.4) is 0 Å². The summed E-state index contributed by atoms with van der Waals surface area (Å²) in [4.78, 5) is 11.2. The molecule has 2 aliphatic rings. The van der Waals surface area contributed by atoms with Crippen LogP contribution < -0.4 is 20.9 Å². The number of aliphatic hydroxyl groups excluding tert-OH is 1. The summed E-state index contributed by atoms with van der Waals surface area (Å²) < 4.78 is 14.3. The second kappa shape index (κ2) is 8.28. The quantitative estimate of drug-likeness (QED) is 0.582. The lowest BCUT2D eigenvalue weighted by Gasteiger charge is -2.30. The molecule has 2 fully saturated rings. The highest BCUT2D eigenvalue weighted by molar-refractivity contribution is 5.65. The van der Waals surface area contributed by atoms with Crippen molar-refractivity contribution in [3.8, 4) is 0 Å². The Morgan fingerprint density at radius 2 is 1.96 bits per heavy atom. The lowest BCUT2D eigenvalue weighted by Crippen LogP contribution is -2.43. The summed E-state index contributed by atoms with van der Waals surface area (Å²) in [6.45, 7) is 5.79. The van der Waals surface area contributed by atoms with Gasteiger partial charge in [0.2, 0.25) is 0 Å². The third kappa shape index (κ3) is 4.69. The zero-order valence-electron chi connectivity index (χ0n) is 16.1. The maximum atomic E-state index is 14.3. The van der Waals surface area contributed by atoms with Gasteiger partial charge < -0.3 is 26.0 Å². The number of rotatable bonds is 7. The predicted molar refractivity (Wildman–Crippen MR) is 109 cm³/mol. The molecule has 1 aliphatic carbocycles. The van der Waals surface area contributed by atoms with Crippen molar-refractivity contribution in [3.63, 3.8) is 0 Å². The molecule has 150 valence electrons. The fraction of sp³-hybridized carbons (Fsp3) is 0.500. The van der Waals surface area contributed by atoms with E-state index in [1.165, 1.54) is 6.07 Å². The first-order valence-corrected chi connectivity index (χ1v) is 9.90. The molecule has 0 unspecified atom stereocenters. The van der Waals surface area contributed by atoms with Gasteiger partial charge >= 0.3 is 0 Å². The average molecular weight is 386 g/mol. The van der Waals surface area contributed by atoms with Crippen LogP contribution in [0.15, 0.2) is 24.4 Å². The summed E-state index contributed by atoms with van der Waals surface area (Å²) in [5.41, 5.74) is 1.73. The van der Waals surface area contributed by atoms with Crippen molar-refractivity contribution in [2.75, 3.05) is 48.3 Å². The monoisotopic (exact) mass is 386 g/mol. The van der Waals surface area contributed by atoms with E-state index in [2.05, 4.69) is 30.8 Å². The first kappa shape index (κ1) is 18.9. The second-order valence-corrected chi connectivity index (χ2v) is 7.55. The summed E-state index contributed by atoms with van der Waals surface area (Å²) >= 11 is 0. The van der Waals surface area contributed by atoms with Crippen molar-refractivity contribution in [2.45, 2.75) is 31.8 Å². The van der Waals surface area contributed by atoms with Gasteiger partial charge in [0.05, 0.1) is 6.10 Å². The van der Waals surface area contributed by atoms with Crippen LogP contribution in [-0.2, 0) is 0 Å². The van der Waals surface area contributed by atoms with E-state index in [9.17, 15) is 9.50 Å². The van der Waals surface area contributed by atoms with Crippen molar-refractivity contribution in [2.24, 2.45) is 0 Å². The lowest BCUT2D eigenvalue weighted by atomic mass is 10.2. The zero-order chi connectivity index (χ0) is 19.5. The molecule has 2 aromatic rings. The minimum atomic E-state index is -0.480. The Labute approximate surface area is 164 Å². The SMILES string of the molecule is C[C@H](O)CNc1cc(N2CCNCC2)cc(Nc2cc(F)c(C3CC3)cn2)n1. The van der Waals surface area contributed by atoms with E-state index >= 15 is 0 Å². The van der Waals surface area contributed by atoms with Crippen LogP contribution in [0.5, 0.6) is 0 Å². The maximum Gasteiger partial charge on any atom is 0.135 e. The van der Waals surface area contributed by atoms with E-state index in [4.69, 9.17) is 0 Å². The van der Waals surface area contributed by atoms with Crippen molar-refractivity contribution < 1.29 is 9.50 Å². The molecule has 28 heavy (non-hydrogen) atoms. The number of pyridine rings is 2. The van der Waals surface area contributed by atoms with E-state index in [0.717, 1.165) is 44.7 Å². The van der Waals surface area contributed by atoms with Gasteiger partial charge in [-0.15, -0.1) is 0 Å². The summed E-state index contributed by atoms with van der Waals surface area (Å²) in [5.74, 6) is 1.80. The van der Waals surface area contributed by atoms with Gasteiger partial charge in [0.15, 0.2) is 0 Å². The minimum absolute atomic E-state index is 0.217. The Morgan fingerprint density at radius 3 is 2.64 bits per heavy atom. The van der Waals surface area contributed by atoms with Gasteiger partial charge in [-0.05, 0) is 25.7 Å². The number of hydrogen-bond acceptors (Lipinski definition) is 7. The van der Waals surface area contributed by atoms with Crippen LogP contribution in [-0.4, -0.2) is 53.9 Å². The molecule has 4 rings (SSSR count). The van der Waals surface area contributed by atoms with Gasteiger partial charge in [0.1, 0.15) is 23.3 Å². The highest BCUT2D eigenvalue weighted by atomic mass is 19.1. The fourth-order valence-electron chi connectivity index (χ4n) is 3.36. The number of anilines is 4. The van der Waals surface area contributed by atoms with Crippen LogP contribution in [0.4, 0.5) is 27.5 Å². The van der Waals surface area contributed by atoms with E-state index in [-0.39, 0.29) is 5.82 Å². The van der Waals surface area contributed by atoms with E-state index in [0.29, 0.717) is 35.5 Å². The highest BCUT2D eigenvalue weighted by Crippen LogP contribution is 2.41. The van der Waals surface area contributed by atoms with E-state index in [1.807, 2.05) is 12.1 Å². The molecule has 4 N–H and O–H groups in total. The maximum absolute atomic E-state index is 14.3. The van der Waals surface area contributed by atoms with Crippen LogP contribution in [0.2, 0.25) is 0 Å². The molecule has 2 aromatic heterocycles. The fourth-order valence-corrected chi connectivity index (χ4v) is 3.36. The van der Waals surface area contributed by atoms with Crippen molar-refractivity contribution in [3.05, 3.63) is 35.8 Å². The van der Waals surface area contributed by atoms with Gasteiger partial charge in [-0.2, -0.15) is 0 Å². The minimum Gasteiger partial charge on any atom is -0.392 e. The molecule has 0 aromatic carbocycles. The highest BCUT2D eigenvalue weighted by Gasteiger charge is 2.27. The number of piperazine rings is 1. The number of aromatic nitrogens is 2. The number of hydrogen-bond donors (Lipinski definition) is 4. The number of nitrogens with one attached hydrogen (secondary N) is 3. The molecule has 1 atom stereocenters. The number of aliphatic hydroxyl groups is 1. The smallest absolute Gasteiger partial charge is 0.135 e. The first-order chi connectivity index (χ1) is 13.6. The standard InChI is InChI=1S/C20H27FN6O/c1-13(28)11-23-18-8-15(27-6-4-22-5-7-27)9-20(25-18)26-19-10-17(21)16(12-24-19)14-2-3-14/h8-10,12-14,22,28H,2-7,11H2,1H3,(H2,23,24,25,26)/t13-/m0/s1. The second-order valence-electron chi connectivity index (χ2n) is 7.55. The van der Waals surface area contributed by atoms with Gasteiger partial charge in [-0.1, -0.05) is 0 Å². The molecule has 0 bridgehead atoms. The molecular formula is C20H27FN6O. The topological polar surface area (TPSA) is 85.3 Å². The molecule has 0 spiro atoms. The molecule has 8 heteroatoms. The summed E-state index contributed by atoms with van der Waals surface area (Å²) in [5, 5.41) is 19.2. The molecule has 1 saturated heterocycles. The van der Waals surface area contributed by atoms with Gasteiger partial charge in [0.25, 0.3) is 0 Å². The van der Waals surface area contributed by atoms with Crippen molar-refractivity contribution in [1.29, 1.82) is 0 Å². The number of halogens is 1. The van der Waals surface area contributed by atoms with Gasteiger partial charge in [0, 0.05) is 68.4 Å². The summed E-state index contributed by atoms with van der Waals surface area (Å²) in [6, 6.07) is 5.37. The zero-order valence-corrected chi connectivity index (χ0v) is 16.1. The first-order valence-electron chi connectivity index (χ1n) is 9.90. The Bertz CT molecular complexity index is 820.